The number of hydrogen-bond acceptors (Lipinski definition) is 4. The largest absolute Gasteiger partial charge is 0.282 e. The molecular weight excluding hydrogens is 206 g/mol. The molecule has 1 fully saturated rings. The maximum atomic E-state index is 11.5. The first-order chi connectivity index (χ1) is 7.77. The number of carbonyl (C=O) groups excluding carboxylic acids is 2. The lowest BCUT2D eigenvalue weighted by molar-refractivity contribution is -0.147. The summed E-state index contributed by atoms with van der Waals surface area (Å²) in [4.78, 5) is 32.4. The van der Waals surface area contributed by atoms with Gasteiger partial charge in [0.15, 0.2) is 0 Å². The van der Waals surface area contributed by atoms with Crippen molar-refractivity contribution in [1.82, 2.24) is 14.9 Å². The third-order valence-corrected chi connectivity index (χ3v) is 2.56. The summed E-state index contributed by atoms with van der Waals surface area (Å²) in [5.74, 6) is 0.507. The molecule has 1 aliphatic heterocycles. The molecule has 0 bridgehead atoms. The monoisotopic (exact) mass is 219 g/mol. The fourth-order valence-electron chi connectivity index (χ4n) is 1.72. The maximum Gasteiger partial charge on any atom is 0.229 e. The second kappa shape index (κ2) is 4.83. The van der Waals surface area contributed by atoms with Gasteiger partial charge in [-0.2, -0.15) is 0 Å². The summed E-state index contributed by atoms with van der Waals surface area (Å²) < 4.78 is 0. The van der Waals surface area contributed by atoms with Crippen molar-refractivity contribution in [2.45, 2.75) is 25.7 Å². The molecule has 0 radical (unpaired) electrons. The third kappa shape index (κ3) is 2.42. The molecule has 2 heterocycles. The van der Waals surface area contributed by atoms with Crippen LogP contribution in [0.25, 0.3) is 0 Å². The maximum absolute atomic E-state index is 11.5. The van der Waals surface area contributed by atoms with Crippen molar-refractivity contribution >= 4 is 11.8 Å². The Hall–Kier alpha value is -1.78. The van der Waals surface area contributed by atoms with E-state index >= 15 is 0 Å². The quantitative estimate of drug-likeness (QED) is 0.697. The molecule has 0 aliphatic carbocycles. The first-order valence-electron chi connectivity index (χ1n) is 5.36. The van der Waals surface area contributed by atoms with E-state index in [1.54, 1.807) is 18.5 Å². The van der Waals surface area contributed by atoms with Crippen LogP contribution in [0.15, 0.2) is 18.5 Å². The van der Waals surface area contributed by atoms with Gasteiger partial charge in [-0.05, 0) is 12.5 Å². The van der Waals surface area contributed by atoms with E-state index in [1.807, 2.05) is 0 Å². The Kier molecular flexibility index (Phi) is 3.24. The first-order valence-corrected chi connectivity index (χ1v) is 5.36. The summed E-state index contributed by atoms with van der Waals surface area (Å²) in [6, 6.07) is 1.74. The summed E-state index contributed by atoms with van der Waals surface area (Å²) >= 11 is 0. The molecule has 2 amide bonds. The van der Waals surface area contributed by atoms with Gasteiger partial charge in [-0.3, -0.25) is 14.5 Å². The number of piperidine rings is 1. The van der Waals surface area contributed by atoms with Crippen LogP contribution < -0.4 is 0 Å². The standard InChI is InChI=1S/C11H13N3O2/c15-10-3-1-4-11(16)14(10)8-5-9-12-6-2-7-13-9/h2,6-7H,1,3-5,8H2. The van der Waals surface area contributed by atoms with Crippen LogP contribution in [0.1, 0.15) is 25.1 Å². The number of nitrogens with zero attached hydrogens (tertiary/aromatic N) is 3. The van der Waals surface area contributed by atoms with Crippen LogP contribution in [0.4, 0.5) is 0 Å². The van der Waals surface area contributed by atoms with Crippen molar-refractivity contribution in [1.29, 1.82) is 0 Å². The van der Waals surface area contributed by atoms with Crippen LogP contribution in [0.3, 0.4) is 0 Å². The Morgan fingerprint density at radius 3 is 2.38 bits per heavy atom. The number of aromatic nitrogens is 2. The number of amides is 2. The van der Waals surface area contributed by atoms with Gasteiger partial charge in [-0.25, -0.2) is 9.97 Å². The minimum absolute atomic E-state index is 0.0767. The minimum Gasteiger partial charge on any atom is -0.282 e. The van der Waals surface area contributed by atoms with Crippen molar-refractivity contribution in [3.05, 3.63) is 24.3 Å². The Labute approximate surface area is 93.5 Å². The second-order valence-electron chi connectivity index (χ2n) is 3.71. The summed E-state index contributed by atoms with van der Waals surface area (Å²) in [6.07, 6.45) is 5.46. The molecule has 0 atom stereocenters. The highest BCUT2D eigenvalue weighted by Gasteiger charge is 2.25. The zero-order chi connectivity index (χ0) is 11.4. The average Bonchev–Trinajstić information content (AvgIpc) is 2.30. The van der Waals surface area contributed by atoms with Gasteiger partial charge >= 0.3 is 0 Å². The van der Waals surface area contributed by atoms with Crippen LogP contribution in [0.2, 0.25) is 0 Å². The van der Waals surface area contributed by atoms with Gasteiger partial charge in [-0.15, -0.1) is 0 Å². The molecule has 5 nitrogen and oxygen atoms in total. The molecule has 0 saturated carbocycles. The lowest BCUT2D eigenvalue weighted by Crippen LogP contribution is -2.41. The number of likely N-dealkylation sites (tertiary alicyclic amines) is 1. The molecule has 2 rings (SSSR count). The molecule has 1 aliphatic rings. The van der Waals surface area contributed by atoms with Crippen molar-refractivity contribution in [3.63, 3.8) is 0 Å². The zero-order valence-electron chi connectivity index (χ0n) is 8.93. The molecule has 1 aromatic heterocycles. The van der Waals surface area contributed by atoms with Crippen LogP contribution in [0, 0.1) is 0 Å². The van der Waals surface area contributed by atoms with E-state index in [2.05, 4.69) is 9.97 Å². The van der Waals surface area contributed by atoms with E-state index in [0.29, 0.717) is 38.1 Å². The van der Waals surface area contributed by atoms with Crippen LogP contribution in [-0.2, 0) is 16.0 Å². The molecule has 0 spiro atoms. The Balaban J connectivity index is 1.94. The van der Waals surface area contributed by atoms with Crippen molar-refractivity contribution in [2.75, 3.05) is 6.54 Å². The van der Waals surface area contributed by atoms with Gasteiger partial charge in [0, 0.05) is 38.2 Å². The van der Waals surface area contributed by atoms with Crippen LogP contribution >= 0.6 is 0 Å². The SMILES string of the molecule is O=C1CCCC(=O)N1CCc1ncccn1. The van der Waals surface area contributed by atoms with E-state index in [-0.39, 0.29) is 11.8 Å². The van der Waals surface area contributed by atoms with E-state index in [9.17, 15) is 9.59 Å². The number of imide groups is 1. The van der Waals surface area contributed by atoms with Gasteiger partial charge in [0.05, 0.1) is 0 Å². The van der Waals surface area contributed by atoms with E-state index in [4.69, 9.17) is 0 Å². The average molecular weight is 219 g/mol. The van der Waals surface area contributed by atoms with E-state index in [1.165, 1.54) is 4.90 Å². The predicted molar refractivity (Wildman–Crippen MR) is 56.3 cm³/mol. The van der Waals surface area contributed by atoms with Gasteiger partial charge in [0.1, 0.15) is 5.82 Å². The Morgan fingerprint density at radius 1 is 1.12 bits per heavy atom. The van der Waals surface area contributed by atoms with Crippen molar-refractivity contribution < 1.29 is 9.59 Å². The molecular formula is C11H13N3O2. The number of carbonyl (C=O) groups is 2. The highest BCUT2D eigenvalue weighted by Crippen LogP contribution is 2.12. The summed E-state index contributed by atoms with van der Waals surface area (Å²) in [5, 5.41) is 0. The second-order valence-corrected chi connectivity index (χ2v) is 3.71. The summed E-state index contributed by atoms with van der Waals surface area (Å²) in [5.41, 5.74) is 0. The minimum atomic E-state index is -0.0767. The zero-order valence-corrected chi connectivity index (χ0v) is 8.93. The number of rotatable bonds is 3. The molecule has 1 saturated heterocycles. The molecule has 16 heavy (non-hydrogen) atoms. The molecule has 0 aromatic carbocycles. The summed E-state index contributed by atoms with van der Waals surface area (Å²) in [6.45, 7) is 0.391. The molecule has 5 heteroatoms. The van der Waals surface area contributed by atoms with Gasteiger partial charge in [0.25, 0.3) is 0 Å². The fourth-order valence-corrected chi connectivity index (χ4v) is 1.72. The van der Waals surface area contributed by atoms with Crippen molar-refractivity contribution in [3.8, 4) is 0 Å². The van der Waals surface area contributed by atoms with Gasteiger partial charge in [0.2, 0.25) is 11.8 Å². The smallest absolute Gasteiger partial charge is 0.229 e. The van der Waals surface area contributed by atoms with Gasteiger partial charge < -0.3 is 0 Å². The lowest BCUT2D eigenvalue weighted by Gasteiger charge is -2.24. The molecule has 1 aromatic rings. The normalized spacial score (nSPS) is 16.6. The predicted octanol–water partition coefficient (Wildman–Crippen LogP) is 0.558. The molecule has 0 N–H and O–H groups in total. The molecule has 0 unspecified atom stereocenters. The van der Waals surface area contributed by atoms with E-state index < -0.39 is 0 Å². The van der Waals surface area contributed by atoms with Gasteiger partial charge in [-0.1, -0.05) is 0 Å². The molecule has 84 valence electrons. The topological polar surface area (TPSA) is 63.2 Å². The Bertz CT molecular complexity index is 375. The van der Waals surface area contributed by atoms with Crippen LogP contribution in [-0.4, -0.2) is 33.2 Å². The lowest BCUT2D eigenvalue weighted by atomic mass is 10.1. The first kappa shape index (κ1) is 10.7. The Morgan fingerprint density at radius 2 is 1.75 bits per heavy atom. The highest BCUT2D eigenvalue weighted by atomic mass is 16.2. The summed E-state index contributed by atoms with van der Waals surface area (Å²) in [7, 11) is 0. The fraction of sp³-hybridized carbons (Fsp3) is 0.455. The highest BCUT2D eigenvalue weighted by molar-refractivity contribution is 5.97. The van der Waals surface area contributed by atoms with Crippen LogP contribution in [0.5, 0.6) is 0 Å². The van der Waals surface area contributed by atoms with E-state index in [0.717, 1.165) is 0 Å². The van der Waals surface area contributed by atoms with Crippen molar-refractivity contribution in [2.24, 2.45) is 0 Å². The number of hydrogen-bond donors (Lipinski definition) is 0. The third-order valence-electron chi connectivity index (χ3n) is 2.56.